The van der Waals surface area contributed by atoms with Crippen LogP contribution in [-0.2, 0) is 11.3 Å². The van der Waals surface area contributed by atoms with Crippen LogP contribution in [-0.4, -0.2) is 38.4 Å². The summed E-state index contributed by atoms with van der Waals surface area (Å²) < 4.78 is 45.4. The largest absolute Gasteiger partial charge is 0.496 e. The number of carbonyl (C=O) groups excluding carboxylic acids is 1. The summed E-state index contributed by atoms with van der Waals surface area (Å²) in [4.78, 5) is 17.3. The van der Waals surface area contributed by atoms with Crippen LogP contribution in [0.1, 0.15) is 10.4 Å². The average molecular weight is 408 g/mol. The Morgan fingerprint density at radius 2 is 1.82 bits per heavy atom. The maximum atomic E-state index is 14.4. The third-order valence-corrected chi connectivity index (χ3v) is 5.08. The molecule has 1 heterocycles. The van der Waals surface area contributed by atoms with Gasteiger partial charge in [-0.05, 0) is 18.2 Å². The van der Waals surface area contributed by atoms with Gasteiger partial charge in [-0.1, -0.05) is 17.4 Å². The van der Waals surface area contributed by atoms with E-state index in [2.05, 4.69) is 4.99 Å². The molecule has 3 rings (SSSR count). The number of rotatable bonds is 6. The fourth-order valence-corrected chi connectivity index (χ4v) is 3.90. The number of thiazole rings is 1. The summed E-state index contributed by atoms with van der Waals surface area (Å²) in [5.74, 6) is -1.45. The Hall–Kier alpha value is -2.78. The minimum atomic E-state index is -0.730. The highest BCUT2D eigenvalue weighted by atomic mass is 32.1. The van der Waals surface area contributed by atoms with Crippen molar-refractivity contribution in [3.63, 3.8) is 0 Å². The quantitative estimate of drug-likeness (QED) is 0.627. The number of benzene rings is 2. The zero-order valence-corrected chi connectivity index (χ0v) is 16.3. The molecule has 0 bridgehead atoms. The lowest BCUT2D eigenvalue weighted by Gasteiger charge is -2.10. The first kappa shape index (κ1) is 20.0. The number of fused-ring (bicyclic) bond motifs is 1. The number of halogens is 2. The molecule has 0 radical (unpaired) electrons. The van der Waals surface area contributed by atoms with Crippen LogP contribution < -0.4 is 14.3 Å². The molecule has 0 atom stereocenters. The van der Waals surface area contributed by atoms with Gasteiger partial charge >= 0.3 is 0 Å². The number of amides is 1. The van der Waals surface area contributed by atoms with E-state index in [-0.39, 0.29) is 29.0 Å². The van der Waals surface area contributed by atoms with E-state index in [9.17, 15) is 13.6 Å². The van der Waals surface area contributed by atoms with E-state index in [4.69, 9.17) is 14.2 Å². The van der Waals surface area contributed by atoms with E-state index in [1.54, 1.807) is 18.2 Å². The lowest BCUT2D eigenvalue weighted by Crippen LogP contribution is -2.20. The van der Waals surface area contributed by atoms with E-state index in [0.29, 0.717) is 16.2 Å². The monoisotopic (exact) mass is 408 g/mol. The molecule has 0 N–H and O–H groups in total. The van der Waals surface area contributed by atoms with Gasteiger partial charge in [0.25, 0.3) is 5.91 Å². The van der Waals surface area contributed by atoms with Gasteiger partial charge in [-0.3, -0.25) is 4.79 Å². The summed E-state index contributed by atoms with van der Waals surface area (Å²) >= 11 is 1.01. The Morgan fingerprint density at radius 1 is 1.14 bits per heavy atom. The lowest BCUT2D eigenvalue weighted by atomic mass is 10.1. The van der Waals surface area contributed by atoms with Crippen LogP contribution >= 0.6 is 11.3 Å². The Kier molecular flexibility index (Phi) is 6.05. The van der Waals surface area contributed by atoms with Gasteiger partial charge < -0.3 is 18.8 Å². The first-order valence-corrected chi connectivity index (χ1v) is 9.09. The van der Waals surface area contributed by atoms with Crippen molar-refractivity contribution in [3.05, 3.63) is 52.3 Å². The standard InChI is InChI=1S/C19H18F2N2O4S/c1-25-8-7-23-17-12(21)9-11(20)10-15(17)28-19(23)22-18(24)16-13(26-2)5-4-6-14(16)27-3/h4-6,9-10H,7-8H2,1-3H3. The molecule has 28 heavy (non-hydrogen) atoms. The Bertz CT molecular complexity index is 1070. The summed E-state index contributed by atoms with van der Waals surface area (Å²) in [5, 5.41) is 0. The summed E-state index contributed by atoms with van der Waals surface area (Å²) in [6, 6.07) is 6.92. The smallest absolute Gasteiger partial charge is 0.287 e. The van der Waals surface area contributed by atoms with Crippen LogP contribution in [0.3, 0.4) is 0 Å². The first-order chi connectivity index (χ1) is 13.5. The highest BCUT2D eigenvalue weighted by Crippen LogP contribution is 2.29. The van der Waals surface area contributed by atoms with Crippen molar-refractivity contribution in [1.29, 1.82) is 0 Å². The molecule has 148 valence electrons. The second-order valence-corrected chi connectivity index (χ2v) is 6.73. The minimum absolute atomic E-state index is 0.148. The van der Waals surface area contributed by atoms with Crippen molar-refractivity contribution in [2.75, 3.05) is 27.9 Å². The van der Waals surface area contributed by atoms with Crippen molar-refractivity contribution in [2.45, 2.75) is 6.54 Å². The molecule has 3 aromatic rings. The fourth-order valence-electron chi connectivity index (χ4n) is 2.81. The van der Waals surface area contributed by atoms with Crippen molar-refractivity contribution < 1.29 is 27.8 Å². The molecule has 2 aromatic carbocycles. The molecular weight excluding hydrogens is 390 g/mol. The predicted octanol–water partition coefficient (Wildman–Crippen LogP) is 3.39. The van der Waals surface area contributed by atoms with Gasteiger partial charge in [-0.15, -0.1) is 0 Å². The molecule has 6 nitrogen and oxygen atoms in total. The molecular formula is C19H18F2N2O4S. The summed E-state index contributed by atoms with van der Waals surface area (Å²) in [6.45, 7) is 0.510. The zero-order chi connectivity index (χ0) is 20.3. The van der Waals surface area contributed by atoms with Gasteiger partial charge in [-0.25, -0.2) is 8.78 Å². The summed E-state index contributed by atoms with van der Waals surface area (Å²) in [7, 11) is 4.37. The van der Waals surface area contributed by atoms with E-state index in [0.717, 1.165) is 17.4 Å². The minimum Gasteiger partial charge on any atom is -0.496 e. The van der Waals surface area contributed by atoms with Gasteiger partial charge in [0.05, 0.1) is 31.0 Å². The van der Waals surface area contributed by atoms with Crippen LogP contribution in [0.4, 0.5) is 8.78 Å². The molecule has 0 aliphatic carbocycles. The third-order valence-electron chi connectivity index (χ3n) is 4.05. The maximum absolute atomic E-state index is 14.4. The molecule has 0 saturated heterocycles. The van der Waals surface area contributed by atoms with Crippen molar-refractivity contribution >= 4 is 27.5 Å². The zero-order valence-electron chi connectivity index (χ0n) is 15.5. The van der Waals surface area contributed by atoms with Crippen LogP contribution in [0.15, 0.2) is 35.3 Å². The van der Waals surface area contributed by atoms with Gasteiger partial charge in [0.15, 0.2) is 10.6 Å². The first-order valence-electron chi connectivity index (χ1n) is 8.27. The molecule has 9 heteroatoms. The van der Waals surface area contributed by atoms with Crippen molar-refractivity contribution in [1.82, 2.24) is 4.57 Å². The number of hydrogen-bond donors (Lipinski definition) is 0. The van der Waals surface area contributed by atoms with Crippen molar-refractivity contribution in [2.24, 2.45) is 4.99 Å². The molecule has 1 amide bonds. The second kappa shape index (κ2) is 8.49. The normalized spacial score (nSPS) is 11.8. The lowest BCUT2D eigenvalue weighted by molar-refractivity contribution is 0.0991. The van der Waals surface area contributed by atoms with Crippen LogP contribution in [0, 0.1) is 11.6 Å². The average Bonchev–Trinajstić information content (AvgIpc) is 3.02. The molecule has 0 unspecified atom stereocenters. The maximum Gasteiger partial charge on any atom is 0.287 e. The Morgan fingerprint density at radius 3 is 2.43 bits per heavy atom. The van der Waals surface area contributed by atoms with Crippen LogP contribution in [0.2, 0.25) is 0 Å². The molecule has 0 aliphatic rings. The molecule has 0 saturated carbocycles. The fraction of sp³-hybridized carbons (Fsp3) is 0.263. The Labute approximate surface area is 163 Å². The Balaban J connectivity index is 2.22. The van der Waals surface area contributed by atoms with E-state index in [1.165, 1.54) is 32.0 Å². The van der Waals surface area contributed by atoms with Crippen LogP contribution in [0.25, 0.3) is 10.2 Å². The second-order valence-electron chi connectivity index (χ2n) is 5.72. The topological polar surface area (TPSA) is 62.1 Å². The van der Waals surface area contributed by atoms with E-state index < -0.39 is 17.5 Å². The molecule has 0 fully saturated rings. The molecule has 0 spiro atoms. The number of ether oxygens (including phenoxy) is 3. The van der Waals surface area contributed by atoms with Gasteiger partial charge in [-0.2, -0.15) is 4.99 Å². The predicted molar refractivity (Wildman–Crippen MR) is 101 cm³/mol. The SMILES string of the molecule is COCCn1c(=NC(=O)c2c(OC)cccc2OC)sc2cc(F)cc(F)c21. The number of nitrogens with zero attached hydrogens (tertiary/aromatic N) is 2. The van der Waals surface area contributed by atoms with Gasteiger partial charge in [0, 0.05) is 19.7 Å². The number of hydrogen-bond acceptors (Lipinski definition) is 5. The number of methoxy groups -OCH3 is 3. The highest BCUT2D eigenvalue weighted by Gasteiger charge is 2.19. The summed E-state index contributed by atoms with van der Waals surface area (Å²) in [6.07, 6.45) is 0. The third kappa shape index (κ3) is 3.76. The highest BCUT2D eigenvalue weighted by molar-refractivity contribution is 7.16. The molecule has 0 aliphatic heterocycles. The van der Waals surface area contributed by atoms with Gasteiger partial charge in [0.1, 0.15) is 22.9 Å². The van der Waals surface area contributed by atoms with E-state index >= 15 is 0 Å². The number of carbonyl (C=O) groups is 1. The van der Waals surface area contributed by atoms with Crippen LogP contribution in [0.5, 0.6) is 11.5 Å². The van der Waals surface area contributed by atoms with Gasteiger partial charge in [0.2, 0.25) is 0 Å². The summed E-state index contributed by atoms with van der Waals surface area (Å²) in [5.41, 5.74) is 0.317. The molecule has 1 aromatic heterocycles. The van der Waals surface area contributed by atoms with E-state index in [1.807, 2.05) is 0 Å². The number of aromatic nitrogens is 1. The van der Waals surface area contributed by atoms with Crippen molar-refractivity contribution in [3.8, 4) is 11.5 Å².